The van der Waals surface area contributed by atoms with Crippen LogP contribution in [-0.2, 0) is 10.7 Å². The maximum atomic E-state index is 6.22. The molecule has 3 rings (SSSR count). The van der Waals surface area contributed by atoms with Gasteiger partial charge in [0.25, 0.3) is 8.38 Å². The van der Waals surface area contributed by atoms with Crippen molar-refractivity contribution in [3.05, 3.63) is 89.7 Å². The van der Waals surface area contributed by atoms with Crippen molar-refractivity contribution in [2.24, 2.45) is 0 Å². The molecule has 0 amide bonds. The molecule has 0 saturated heterocycles. The van der Waals surface area contributed by atoms with Crippen molar-refractivity contribution in [3.8, 4) is 5.75 Å². The lowest BCUT2D eigenvalue weighted by Gasteiger charge is -2.20. The van der Waals surface area contributed by atoms with E-state index in [9.17, 15) is 0 Å². The molecular formula is C27H39O2P. The van der Waals surface area contributed by atoms with Crippen molar-refractivity contribution in [3.63, 3.8) is 0 Å². The van der Waals surface area contributed by atoms with Gasteiger partial charge in [0, 0.05) is 0 Å². The van der Waals surface area contributed by atoms with Crippen LogP contribution < -0.4 is 4.52 Å². The molecule has 1 aliphatic rings. The fourth-order valence-corrected chi connectivity index (χ4v) is 4.20. The van der Waals surface area contributed by atoms with Crippen molar-refractivity contribution < 1.29 is 9.05 Å². The summed E-state index contributed by atoms with van der Waals surface area (Å²) >= 11 is 0. The summed E-state index contributed by atoms with van der Waals surface area (Å²) in [5.41, 5.74) is 2.64. The molecule has 2 unspecified atom stereocenters. The van der Waals surface area contributed by atoms with Crippen LogP contribution in [0.5, 0.6) is 5.75 Å². The molecule has 0 aliphatic heterocycles. The highest BCUT2D eigenvalue weighted by molar-refractivity contribution is 7.46. The second kappa shape index (κ2) is 15.7. The number of para-hydroxylation sites is 1. The summed E-state index contributed by atoms with van der Waals surface area (Å²) in [6.45, 7) is 12.5. The minimum absolute atomic E-state index is 0.597. The molecule has 0 saturated carbocycles. The summed E-state index contributed by atoms with van der Waals surface area (Å²) in [4.78, 5) is 0. The van der Waals surface area contributed by atoms with Crippen LogP contribution in [0.1, 0.15) is 77.8 Å². The van der Waals surface area contributed by atoms with Gasteiger partial charge in [0.1, 0.15) is 11.5 Å². The highest BCUT2D eigenvalue weighted by atomic mass is 31.2. The molecule has 0 N–H and O–H groups in total. The Hall–Kier alpha value is -2.05. The first kappa shape index (κ1) is 26.0. The Morgan fingerprint density at radius 2 is 1.53 bits per heavy atom. The first-order chi connectivity index (χ1) is 14.7. The molecule has 2 nitrogen and oxygen atoms in total. The van der Waals surface area contributed by atoms with E-state index in [0.29, 0.717) is 5.92 Å². The van der Waals surface area contributed by atoms with Crippen LogP contribution in [0.2, 0.25) is 0 Å². The molecule has 0 spiro atoms. The third-order valence-electron chi connectivity index (χ3n) is 4.59. The minimum atomic E-state index is -1.08. The third kappa shape index (κ3) is 9.18. The first-order valence-electron chi connectivity index (χ1n) is 11.4. The average Bonchev–Trinajstić information content (AvgIpc) is 2.83. The van der Waals surface area contributed by atoms with Gasteiger partial charge in [0.05, 0.1) is 6.16 Å². The monoisotopic (exact) mass is 426 g/mol. The highest BCUT2D eigenvalue weighted by Gasteiger charge is 2.17. The molecule has 2 aromatic carbocycles. The summed E-state index contributed by atoms with van der Waals surface area (Å²) in [7, 11) is -1.08. The Bertz CT molecular complexity index is 735. The van der Waals surface area contributed by atoms with Gasteiger partial charge in [0.2, 0.25) is 0 Å². The van der Waals surface area contributed by atoms with Gasteiger partial charge < -0.3 is 9.05 Å². The summed E-state index contributed by atoms with van der Waals surface area (Å²) in [6.07, 6.45) is 10.4. The van der Waals surface area contributed by atoms with Crippen LogP contribution in [-0.4, -0.2) is 0 Å². The Labute approximate surface area is 185 Å². The molecule has 0 fully saturated rings. The molecule has 2 aromatic rings. The zero-order chi connectivity index (χ0) is 22.2. The Balaban J connectivity index is 0.00000106. The summed E-state index contributed by atoms with van der Waals surface area (Å²) in [5, 5.41) is 0. The van der Waals surface area contributed by atoms with Crippen LogP contribution in [0.4, 0.5) is 0 Å². The molecule has 30 heavy (non-hydrogen) atoms. The average molecular weight is 427 g/mol. The van der Waals surface area contributed by atoms with Gasteiger partial charge in [-0.1, -0.05) is 90.1 Å². The molecule has 1 aliphatic carbocycles. The third-order valence-corrected chi connectivity index (χ3v) is 6.04. The van der Waals surface area contributed by atoms with E-state index in [1.165, 1.54) is 11.1 Å². The lowest BCUT2D eigenvalue weighted by Crippen LogP contribution is -1.98. The number of benzene rings is 2. The molecular weight excluding hydrogens is 387 g/mol. The predicted octanol–water partition coefficient (Wildman–Crippen LogP) is 9.39. The SMILES string of the molecule is CC.CC.CCC(C)c1ccc(CP(OC2=CCCC=C2)Oc2ccccc2)cc1. The van der Waals surface area contributed by atoms with E-state index in [1.807, 2.05) is 58.0 Å². The largest absolute Gasteiger partial charge is 0.439 e. The fourth-order valence-electron chi connectivity index (χ4n) is 2.79. The second-order valence-corrected chi connectivity index (χ2v) is 7.97. The molecule has 3 heteroatoms. The van der Waals surface area contributed by atoms with Crippen molar-refractivity contribution >= 4 is 8.38 Å². The zero-order valence-electron chi connectivity index (χ0n) is 19.6. The smallest absolute Gasteiger partial charge is 0.295 e. The van der Waals surface area contributed by atoms with Crippen molar-refractivity contribution in [1.82, 2.24) is 0 Å². The van der Waals surface area contributed by atoms with Gasteiger partial charge in [-0.05, 0) is 60.6 Å². The summed E-state index contributed by atoms with van der Waals surface area (Å²) in [6, 6.07) is 18.8. The van der Waals surface area contributed by atoms with E-state index in [1.54, 1.807) is 0 Å². The topological polar surface area (TPSA) is 18.5 Å². The molecule has 0 bridgehead atoms. The van der Waals surface area contributed by atoms with E-state index in [4.69, 9.17) is 9.05 Å². The van der Waals surface area contributed by atoms with Crippen LogP contribution in [0.15, 0.2) is 78.6 Å². The predicted molar refractivity (Wildman–Crippen MR) is 133 cm³/mol. The van der Waals surface area contributed by atoms with Gasteiger partial charge in [-0.3, -0.25) is 0 Å². The minimum Gasteiger partial charge on any atom is -0.439 e. The quantitative estimate of drug-likeness (QED) is 0.391. The molecule has 0 aromatic heterocycles. The van der Waals surface area contributed by atoms with E-state index >= 15 is 0 Å². The van der Waals surface area contributed by atoms with E-state index < -0.39 is 8.38 Å². The van der Waals surface area contributed by atoms with Crippen LogP contribution in [0.3, 0.4) is 0 Å². The van der Waals surface area contributed by atoms with Crippen molar-refractivity contribution in [2.45, 2.75) is 72.9 Å². The van der Waals surface area contributed by atoms with Crippen molar-refractivity contribution in [2.75, 3.05) is 0 Å². The van der Waals surface area contributed by atoms with Crippen molar-refractivity contribution in [1.29, 1.82) is 0 Å². The van der Waals surface area contributed by atoms with Crippen LogP contribution in [0.25, 0.3) is 0 Å². The van der Waals surface area contributed by atoms with E-state index in [0.717, 1.165) is 36.9 Å². The van der Waals surface area contributed by atoms with Gasteiger partial charge in [-0.2, -0.15) is 0 Å². The molecule has 0 radical (unpaired) electrons. The maximum absolute atomic E-state index is 6.22. The van der Waals surface area contributed by atoms with Gasteiger partial charge in [-0.15, -0.1) is 0 Å². The van der Waals surface area contributed by atoms with Crippen LogP contribution >= 0.6 is 8.38 Å². The van der Waals surface area contributed by atoms with E-state index in [2.05, 4.69) is 56.3 Å². The molecule has 164 valence electrons. The normalized spacial score (nSPS) is 14.1. The van der Waals surface area contributed by atoms with Gasteiger partial charge >= 0.3 is 0 Å². The molecule has 0 heterocycles. The highest BCUT2D eigenvalue weighted by Crippen LogP contribution is 2.45. The number of hydrogen-bond acceptors (Lipinski definition) is 2. The fraction of sp³-hybridized carbons (Fsp3) is 0.407. The summed E-state index contributed by atoms with van der Waals surface area (Å²) < 4.78 is 12.4. The van der Waals surface area contributed by atoms with E-state index in [-0.39, 0.29) is 0 Å². The number of hydrogen-bond donors (Lipinski definition) is 0. The number of rotatable bonds is 8. The lowest BCUT2D eigenvalue weighted by atomic mass is 9.98. The lowest BCUT2D eigenvalue weighted by molar-refractivity contribution is 0.413. The maximum Gasteiger partial charge on any atom is 0.295 e. The Morgan fingerprint density at radius 1 is 0.867 bits per heavy atom. The number of allylic oxidation sites excluding steroid dienone is 3. The second-order valence-electron chi connectivity index (χ2n) is 6.62. The Kier molecular flexibility index (Phi) is 13.6. The van der Waals surface area contributed by atoms with Gasteiger partial charge in [-0.25, -0.2) is 0 Å². The van der Waals surface area contributed by atoms with Crippen LogP contribution in [0, 0.1) is 0 Å². The summed E-state index contributed by atoms with van der Waals surface area (Å²) in [5.74, 6) is 2.38. The Morgan fingerprint density at radius 3 is 2.10 bits per heavy atom. The van der Waals surface area contributed by atoms with Gasteiger partial charge in [0.15, 0.2) is 0 Å². The molecule has 2 atom stereocenters. The standard InChI is InChI=1S/C23H27O2P.2C2H6/c1-3-19(2)21-16-14-20(15-17-21)18-26(24-22-10-6-4-7-11-22)25-23-12-8-5-9-13-23;2*1-2/h4,6-8,10-17,19H,3,5,9,18H2,1-2H3;2*1-2H3. The first-order valence-corrected chi connectivity index (χ1v) is 12.7. The zero-order valence-corrected chi connectivity index (χ0v) is 20.5.